The molecule has 1 N–H and O–H groups in total. The first-order valence-corrected chi connectivity index (χ1v) is 12.0. The van der Waals surface area contributed by atoms with Crippen molar-refractivity contribution in [3.05, 3.63) is 94.0 Å². The van der Waals surface area contributed by atoms with Crippen molar-refractivity contribution in [3.8, 4) is 5.75 Å². The van der Waals surface area contributed by atoms with Gasteiger partial charge in [-0.1, -0.05) is 37.3 Å². The van der Waals surface area contributed by atoms with Crippen LogP contribution >= 0.6 is 0 Å². The van der Waals surface area contributed by atoms with E-state index in [0.717, 1.165) is 16.3 Å². The predicted molar refractivity (Wildman–Crippen MR) is 132 cm³/mol. The van der Waals surface area contributed by atoms with Gasteiger partial charge in [-0.25, -0.2) is 13.8 Å². The summed E-state index contributed by atoms with van der Waals surface area (Å²) in [5, 5.41) is 15.0. The minimum absolute atomic E-state index is 0.0430. The largest absolute Gasteiger partial charge is 0.490 e. The number of rotatable bonds is 10. The number of nitro benzene ring substituents is 1. The molecular formula is C24H24N4O6S. The summed E-state index contributed by atoms with van der Waals surface area (Å²) in [6.07, 6.45) is 2.00. The smallest absolute Gasteiger partial charge is 0.311 e. The highest BCUT2D eigenvalue weighted by Crippen LogP contribution is 2.27. The molecule has 0 heterocycles. The number of nitrogens with zero attached hydrogens (tertiary/aromatic N) is 3. The number of carbonyl (C=O) groups excluding carboxylic acids is 1. The first-order chi connectivity index (χ1) is 16.8. The molecule has 0 radical (unpaired) electrons. The molecule has 10 nitrogen and oxygen atoms in total. The molecule has 182 valence electrons. The van der Waals surface area contributed by atoms with Gasteiger partial charge in [0.05, 0.1) is 28.8 Å². The highest BCUT2D eigenvalue weighted by molar-refractivity contribution is 7.92. The Hall–Kier alpha value is -4.25. The minimum Gasteiger partial charge on any atom is -0.490 e. The molecule has 0 saturated heterocycles. The number of methoxy groups -OCH3 is 1. The average molecular weight is 497 g/mol. The molecule has 35 heavy (non-hydrogen) atoms. The molecule has 1 amide bonds. The van der Waals surface area contributed by atoms with Crippen molar-refractivity contribution in [2.75, 3.05) is 18.0 Å². The molecule has 0 aliphatic carbocycles. The first kappa shape index (κ1) is 25.4. The van der Waals surface area contributed by atoms with Crippen molar-refractivity contribution >= 4 is 33.5 Å². The maximum absolute atomic E-state index is 13.3. The quantitative estimate of drug-likeness (QED) is 0.260. The van der Waals surface area contributed by atoms with Crippen LogP contribution in [-0.4, -0.2) is 39.1 Å². The lowest BCUT2D eigenvalue weighted by Crippen LogP contribution is -2.39. The van der Waals surface area contributed by atoms with Gasteiger partial charge in [0.15, 0.2) is 5.75 Å². The Morgan fingerprint density at radius 1 is 1.11 bits per heavy atom. The van der Waals surface area contributed by atoms with E-state index in [9.17, 15) is 23.3 Å². The van der Waals surface area contributed by atoms with Crippen LogP contribution in [0.5, 0.6) is 5.75 Å². The van der Waals surface area contributed by atoms with E-state index in [-0.39, 0.29) is 16.3 Å². The zero-order chi connectivity index (χ0) is 25.4. The van der Waals surface area contributed by atoms with Crippen LogP contribution in [-0.2, 0) is 21.2 Å². The van der Waals surface area contributed by atoms with Crippen LogP contribution in [0.25, 0.3) is 0 Å². The Kier molecular flexibility index (Phi) is 8.16. The van der Waals surface area contributed by atoms with Gasteiger partial charge in [0.2, 0.25) is 0 Å². The van der Waals surface area contributed by atoms with Crippen molar-refractivity contribution in [2.24, 2.45) is 5.10 Å². The molecule has 0 atom stereocenters. The molecule has 0 aliphatic heterocycles. The SMILES string of the molecule is CCc1ccc(N(CC(=O)N/N=C\c2ccc(OC)c([N+](=O)[O-])c2)S(=O)(=O)c2ccccc2)cc1. The highest BCUT2D eigenvalue weighted by Gasteiger charge is 2.27. The lowest BCUT2D eigenvalue weighted by molar-refractivity contribution is -0.385. The molecule has 0 fully saturated rings. The highest BCUT2D eigenvalue weighted by atomic mass is 32.2. The van der Waals surface area contributed by atoms with E-state index in [4.69, 9.17) is 4.74 Å². The summed E-state index contributed by atoms with van der Waals surface area (Å²) in [7, 11) is -2.72. The van der Waals surface area contributed by atoms with Crippen molar-refractivity contribution in [1.82, 2.24) is 5.43 Å². The van der Waals surface area contributed by atoms with Gasteiger partial charge in [0.1, 0.15) is 6.54 Å². The second-order valence-electron chi connectivity index (χ2n) is 7.33. The number of carbonyl (C=O) groups is 1. The molecule has 0 bridgehead atoms. The first-order valence-electron chi connectivity index (χ1n) is 10.6. The number of ether oxygens (including phenoxy) is 1. The van der Waals surface area contributed by atoms with Gasteiger partial charge in [0, 0.05) is 11.6 Å². The summed E-state index contributed by atoms with van der Waals surface area (Å²) in [5.74, 6) is -0.602. The summed E-state index contributed by atoms with van der Waals surface area (Å²) in [6, 6.07) is 18.9. The van der Waals surface area contributed by atoms with Crippen molar-refractivity contribution < 1.29 is 22.9 Å². The monoisotopic (exact) mass is 496 g/mol. The molecule has 0 saturated carbocycles. The van der Waals surface area contributed by atoms with E-state index in [1.54, 1.807) is 42.5 Å². The lowest BCUT2D eigenvalue weighted by atomic mass is 10.1. The van der Waals surface area contributed by atoms with Crippen LogP contribution < -0.4 is 14.5 Å². The van der Waals surface area contributed by atoms with Crippen molar-refractivity contribution in [2.45, 2.75) is 18.2 Å². The van der Waals surface area contributed by atoms with E-state index in [0.29, 0.717) is 11.3 Å². The fraction of sp³-hybridized carbons (Fsp3) is 0.167. The third-order valence-electron chi connectivity index (χ3n) is 5.05. The lowest BCUT2D eigenvalue weighted by Gasteiger charge is -2.24. The molecule has 0 aliphatic rings. The van der Waals surface area contributed by atoms with Crippen LogP contribution in [0.4, 0.5) is 11.4 Å². The van der Waals surface area contributed by atoms with E-state index < -0.39 is 27.4 Å². The van der Waals surface area contributed by atoms with E-state index in [1.165, 1.54) is 43.7 Å². The fourth-order valence-corrected chi connectivity index (χ4v) is 4.65. The fourth-order valence-electron chi connectivity index (χ4n) is 3.21. The summed E-state index contributed by atoms with van der Waals surface area (Å²) in [6.45, 7) is 1.46. The van der Waals surface area contributed by atoms with Crippen molar-refractivity contribution in [1.29, 1.82) is 0 Å². The standard InChI is InChI=1S/C24H24N4O6S/c1-3-18-9-12-20(13-10-18)27(35(32,33)21-7-5-4-6-8-21)17-24(29)26-25-16-19-11-14-23(34-2)22(15-19)28(30)31/h4-16H,3,17H2,1-2H3,(H,26,29)/b25-16-. The summed E-state index contributed by atoms with van der Waals surface area (Å²) >= 11 is 0. The Morgan fingerprint density at radius 2 is 1.80 bits per heavy atom. The van der Waals surface area contributed by atoms with E-state index in [1.807, 2.05) is 6.92 Å². The topological polar surface area (TPSA) is 131 Å². The minimum atomic E-state index is -4.04. The maximum atomic E-state index is 13.3. The molecule has 3 aromatic carbocycles. The second-order valence-corrected chi connectivity index (χ2v) is 9.19. The summed E-state index contributed by atoms with van der Waals surface area (Å²) < 4.78 is 32.6. The number of hydrogen-bond donors (Lipinski definition) is 1. The van der Waals surface area contributed by atoms with Crippen LogP contribution in [0.1, 0.15) is 18.1 Å². The van der Waals surface area contributed by atoms with E-state index >= 15 is 0 Å². The third-order valence-corrected chi connectivity index (χ3v) is 6.84. The van der Waals surface area contributed by atoms with Gasteiger partial charge >= 0.3 is 5.69 Å². The molecule has 0 spiro atoms. The van der Waals surface area contributed by atoms with Gasteiger partial charge in [-0.05, 0) is 48.4 Å². The molecule has 11 heteroatoms. The number of amides is 1. The normalized spacial score (nSPS) is 11.3. The molecular weight excluding hydrogens is 472 g/mol. The Morgan fingerprint density at radius 3 is 2.40 bits per heavy atom. The van der Waals surface area contributed by atoms with Gasteiger partial charge in [0.25, 0.3) is 15.9 Å². The van der Waals surface area contributed by atoms with Crippen LogP contribution in [0.2, 0.25) is 0 Å². The number of nitrogens with one attached hydrogen (secondary N) is 1. The average Bonchev–Trinajstić information content (AvgIpc) is 2.87. The third kappa shape index (κ3) is 6.21. The number of nitro groups is 1. The predicted octanol–water partition coefficient (Wildman–Crippen LogP) is 3.51. The Labute approximate surface area is 203 Å². The molecule has 3 rings (SSSR count). The van der Waals surface area contributed by atoms with E-state index in [2.05, 4.69) is 10.5 Å². The number of anilines is 1. The maximum Gasteiger partial charge on any atom is 0.311 e. The molecule has 0 aromatic heterocycles. The van der Waals surface area contributed by atoms with Gasteiger partial charge in [-0.15, -0.1) is 0 Å². The van der Waals surface area contributed by atoms with Crippen LogP contribution in [0.15, 0.2) is 82.8 Å². The number of hydrogen-bond acceptors (Lipinski definition) is 7. The van der Waals surface area contributed by atoms with Gasteiger partial charge in [-0.3, -0.25) is 19.2 Å². The number of hydrazone groups is 1. The van der Waals surface area contributed by atoms with Crippen LogP contribution in [0.3, 0.4) is 0 Å². The zero-order valence-electron chi connectivity index (χ0n) is 19.1. The number of benzene rings is 3. The number of aryl methyl sites for hydroxylation is 1. The molecule has 3 aromatic rings. The second kappa shape index (κ2) is 11.3. The summed E-state index contributed by atoms with van der Waals surface area (Å²) in [4.78, 5) is 23.3. The van der Waals surface area contributed by atoms with Gasteiger partial charge < -0.3 is 4.74 Å². The Balaban J connectivity index is 1.82. The van der Waals surface area contributed by atoms with Gasteiger partial charge in [-0.2, -0.15) is 5.10 Å². The van der Waals surface area contributed by atoms with Crippen LogP contribution in [0, 0.1) is 10.1 Å². The van der Waals surface area contributed by atoms with Crippen molar-refractivity contribution in [3.63, 3.8) is 0 Å². The zero-order valence-corrected chi connectivity index (χ0v) is 19.9. The number of sulfonamides is 1. The molecule has 0 unspecified atom stereocenters. The Bertz CT molecular complexity index is 1330. The summed E-state index contributed by atoms with van der Waals surface area (Å²) in [5.41, 5.74) is 3.73.